The number of aliphatic carboxylic acids is 1. The van der Waals surface area contributed by atoms with Crippen molar-refractivity contribution in [2.24, 2.45) is 11.8 Å². The molecule has 4 nitrogen and oxygen atoms in total. The van der Waals surface area contributed by atoms with Gasteiger partial charge in [0.05, 0.1) is 5.92 Å². The first kappa shape index (κ1) is 13.0. The maximum Gasteiger partial charge on any atom is 0.308 e. The lowest BCUT2D eigenvalue weighted by atomic mass is 10.1. The molecule has 1 unspecified atom stereocenters. The molecule has 0 radical (unpaired) electrons. The molecule has 16 heavy (non-hydrogen) atoms. The van der Waals surface area contributed by atoms with Crippen LogP contribution in [0.15, 0.2) is 11.6 Å². The second-order valence-electron chi connectivity index (χ2n) is 4.35. The fourth-order valence-electron chi connectivity index (χ4n) is 1.45. The molecule has 0 spiro atoms. The Labute approximate surface area is 99.9 Å². The van der Waals surface area contributed by atoms with Crippen LogP contribution in [-0.2, 0) is 4.79 Å². The van der Waals surface area contributed by atoms with E-state index in [1.165, 1.54) is 0 Å². The monoisotopic (exact) mass is 242 g/mol. The van der Waals surface area contributed by atoms with Crippen molar-refractivity contribution < 1.29 is 9.90 Å². The molecule has 0 aliphatic carbocycles. The Hall–Kier alpha value is -1.10. The van der Waals surface area contributed by atoms with Crippen molar-refractivity contribution in [1.82, 2.24) is 4.98 Å². The van der Waals surface area contributed by atoms with Crippen molar-refractivity contribution in [2.75, 3.05) is 18.0 Å². The van der Waals surface area contributed by atoms with Crippen molar-refractivity contribution in [1.29, 1.82) is 0 Å². The third kappa shape index (κ3) is 3.81. The molecule has 5 heteroatoms. The lowest BCUT2D eigenvalue weighted by Crippen LogP contribution is -2.34. The van der Waals surface area contributed by atoms with Gasteiger partial charge in [-0.1, -0.05) is 20.8 Å². The van der Waals surface area contributed by atoms with E-state index in [1.54, 1.807) is 24.5 Å². The first-order valence-corrected chi connectivity index (χ1v) is 6.26. The quantitative estimate of drug-likeness (QED) is 0.831. The van der Waals surface area contributed by atoms with Crippen LogP contribution >= 0.6 is 11.3 Å². The summed E-state index contributed by atoms with van der Waals surface area (Å²) in [5.74, 6) is -0.641. The van der Waals surface area contributed by atoms with Gasteiger partial charge in [-0.3, -0.25) is 4.79 Å². The molecule has 90 valence electrons. The van der Waals surface area contributed by atoms with Gasteiger partial charge in [0, 0.05) is 24.7 Å². The minimum absolute atomic E-state index is 0.373. The Morgan fingerprint density at radius 2 is 2.19 bits per heavy atom. The molecule has 0 aliphatic heterocycles. The van der Waals surface area contributed by atoms with Gasteiger partial charge in [-0.25, -0.2) is 4.98 Å². The second kappa shape index (κ2) is 5.84. The van der Waals surface area contributed by atoms with Crippen molar-refractivity contribution in [2.45, 2.75) is 20.8 Å². The van der Waals surface area contributed by atoms with Crippen LogP contribution in [0.1, 0.15) is 20.8 Å². The number of thiazole rings is 1. The first-order chi connectivity index (χ1) is 7.50. The predicted octanol–water partition coefficient (Wildman–Crippen LogP) is 2.33. The minimum atomic E-state index is -0.759. The molecule has 0 amide bonds. The van der Waals surface area contributed by atoms with Gasteiger partial charge in [-0.15, -0.1) is 11.3 Å². The maximum absolute atomic E-state index is 10.8. The fraction of sp³-hybridized carbons (Fsp3) is 0.636. The molecule has 0 aliphatic rings. The first-order valence-electron chi connectivity index (χ1n) is 5.38. The van der Waals surface area contributed by atoms with E-state index in [0.717, 1.165) is 11.7 Å². The van der Waals surface area contributed by atoms with Crippen molar-refractivity contribution in [3.8, 4) is 0 Å². The number of nitrogens with zero attached hydrogens (tertiary/aromatic N) is 2. The molecular formula is C11H18N2O2S. The van der Waals surface area contributed by atoms with E-state index in [4.69, 9.17) is 5.11 Å². The number of carboxylic acids is 1. The molecular weight excluding hydrogens is 224 g/mol. The van der Waals surface area contributed by atoms with Crippen LogP contribution in [-0.4, -0.2) is 29.1 Å². The number of carboxylic acid groups (broad SMARTS) is 1. The number of rotatable bonds is 6. The Kier molecular flexibility index (Phi) is 4.73. The lowest BCUT2D eigenvalue weighted by molar-refractivity contribution is -0.140. The highest BCUT2D eigenvalue weighted by Gasteiger charge is 2.18. The number of hydrogen-bond acceptors (Lipinski definition) is 4. The van der Waals surface area contributed by atoms with Gasteiger partial charge >= 0.3 is 5.97 Å². The Bertz CT molecular complexity index is 325. The Balaban J connectivity index is 2.68. The molecule has 1 aromatic heterocycles. The molecule has 1 heterocycles. The highest BCUT2D eigenvalue weighted by molar-refractivity contribution is 7.13. The lowest BCUT2D eigenvalue weighted by Gasteiger charge is -2.25. The average Bonchev–Trinajstić information content (AvgIpc) is 2.68. The van der Waals surface area contributed by atoms with E-state index in [-0.39, 0.29) is 5.92 Å². The minimum Gasteiger partial charge on any atom is -0.481 e. The van der Waals surface area contributed by atoms with Gasteiger partial charge < -0.3 is 10.0 Å². The largest absolute Gasteiger partial charge is 0.481 e. The summed E-state index contributed by atoms with van der Waals surface area (Å²) in [7, 11) is 0. The van der Waals surface area contributed by atoms with Gasteiger partial charge in [-0.05, 0) is 5.92 Å². The van der Waals surface area contributed by atoms with E-state index in [1.807, 2.05) is 10.3 Å². The summed E-state index contributed by atoms with van der Waals surface area (Å²) in [5, 5.41) is 11.7. The maximum atomic E-state index is 10.8. The van der Waals surface area contributed by atoms with Crippen LogP contribution in [0.2, 0.25) is 0 Å². The zero-order valence-corrected chi connectivity index (χ0v) is 10.7. The molecule has 0 fully saturated rings. The van der Waals surface area contributed by atoms with E-state index in [2.05, 4.69) is 18.8 Å². The number of aromatic nitrogens is 1. The molecule has 0 saturated carbocycles. The summed E-state index contributed by atoms with van der Waals surface area (Å²) in [6, 6.07) is 0. The van der Waals surface area contributed by atoms with E-state index >= 15 is 0 Å². The van der Waals surface area contributed by atoms with Crippen LogP contribution in [0.4, 0.5) is 5.13 Å². The smallest absolute Gasteiger partial charge is 0.308 e. The summed E-state index contributed by atoms with van der Waals surface area (Å²) < 4.78 is 0. The molecule has 0 aromatic carbocycles. The third-order valence-electron chi connectivity index (χ3n) is 2.19. The van der Waals surface area contributed by atoms with Gasteiger partial charge in [0.15, 0.2) is 5.13 Å². The van der Waals surface area contributed by atoms with E-state index in [0.29, 0.717) is 12.5 Å². The standard InChI is InChI=1S/C11H18N2O2S/c1-8(2)6-13(7-9(3)10(14)15)11-12-4-5-16-11/h4-5,8-9H,6-7H2,1-3H3,(H,14,15). The molecule has 1 N–H and O–H groups in total. The van der Waals surface area contributed by atoms with Gasteiger partial charge in [0.2, 0.25) is 0 Å². The van der Waals surface area contributed by atoms with Crippen molar-refractivity contribution >= 4 is 22.4 Å². The molecule has 0 saturated heterocycles. The number of anilines is 1. The van der Waals surface area contributed by atoms with Crippen LogP contribution in [0.3, 0.4) is 0 Å². The predicted molar refractivity (Wildman–Crippen MR) is 66.0 cm³/mol. The molecule has 1 rings (SSSR count). The normalized spacial score (nSPS) is 12.8. The number of carbonyl (C=O) groups is 1. The SMILES string of the molecule is CC(C)CN(CC(C)C(=O)O)c1nccs1. The van der Waals surface area contributed by atoms with Gasteiger partial charge in [0.25, 0.3) is 0 Å². The van der Waals surface area contributed by atoms with Crippen LogP contribution < -0.4 is 4.90 Å². The average molecular weight is 242 g/mol. The Morgan fingerprint density at radius 1 is 1.50 bits per heavy atom. The van der Waals surface area contributed by atoms with Gasteiger partial charge in [-0.2, -0.15) is 0 Å². The van der Waals surface area contributed by atoms with Crippen LogP contribution in [0.5, 0.6) is 0 Å². The molecule has 1 aromatic rings. The highest BCUT2D eigenvalue weighted by Crippen LogP contribution is 2.20. The van der Waals surface area contributed by atoms with Crippen molar-refractivity contribution in [3.63, 3.8) is 0 Å². The fourth-order valence-corrected chi connectivity index (χ4v) is 2.12. The van der Waals surface area contributed by atoms with Crippen LogP contribution in [0, 0.1) is 11.8 Å². The number of hydrogen-bond donors (Lipinski definition) is 1. The summed E-state index contributed by atoms with van der Waals surface area (Å²) in [6.07, 6.45) is 1.75. The second-order valence-corrected chi connectivity index (χ2v) is 5.23. The van der Waals surface area contributed by atoms with Gasteiger partial charge in [0.1, 0.15) is 0 Å². The topological polar surface area (TPSA) is 53.4 Å². The van der Waals surface area contributed by atoms with E-state index in [9.17, 15) is 4.79 Å². The third-order valence-corrected chi connectivity index (χ3v) is 3.02. The Morgan fingerprint density at radius 3 is 2.62 bits per heavy atom. The molecule has 1 atom stereocenters. The van der Waals surface area contributed by atoms with Crippen molar-refractivity contribution in [3.05, 3.63) is 11.6 Å². The zero-order chi connectivity index (χ0) is 12.1. The summed E-state index contributed by atoms with van der Waals surface area (Å²) >= 11 is 1.55. The molecule has 0 bridgehead atoms. The zero-order valence-electron chi connectivity index (χ0n) is 9.88. The summed E-state index contributed by atoms with van der Waals surface area (Å²) in [6.45, 7) is 7.31. The highest BCUT2D eigenvalue weighted by atomic mass is 32.1. The summed E-state index contributed by atoms with van der Waals surface area (Å²) in [5.41, 5.74) is 0. The van der Waals surface area contributed by atoms with E-state index < -0.39 is 5.97 Å². The van der Waals surface area contributed by atoms with Crippen LogP contribution in [0.25, 0.3) is 0 Å². The summed E-state index contributed by atoms with van der Waals surface area (Å²) in [4.78, 5) is 17.1.